The van der Waals surface area contributed by atoms with Crippen LogP contribution >= 0.6 is 0 Å². The van der Waals surface area contributed by atoms with E-state index in [4.69, 9.17) is 0 Å². The van der Waals surface area contributed by atoms with Crippen molar-refractivity contribution in [3.8, 4) is 0 Å². The van der Waals surface area contributed by atoms with E-state index in [2.05, 4.69) is 13.8 Å². The molecule has 0 radical (unpaired) electrons. The zero-order valence-corrected chi connectivity index (χ0v) is 14.9. The van der Waals surface area contributed by atoms with Gasteiger partial charge < -0.3 is 10.2 Å². The molecule has 1 rings (SSSR count). The summed E-state index contributed by atoms with van der Waals surface area (Å²) in [6, 6.07) is 9.70. The molecule has 0 spiro atoms. The molecule has 23 heavy (non-hydrogen) atoms. The van der Waals surface area contributed by atoms with Crippen molar-refractivity contribution in [3.05, 3.63) is 48.0 Å². The number of hydrogen-bond donors (Lipinski definition) is 2. The van der Waals surface area contributed by atoms with E-state index in [1.165, 1.54) is 12.8 Å². The Labute approximate surface area is 142 Å². The Bertz CT molecular complexity index is 415. The van der Waals surface area contributed by atoms with Gasteiger partial charge in [0.05, 0.1) is 11.7 Å². The minimum atomic E-state index is -0.708. The SMILES string of the molecule is CCCCCC(O)(/C=C\CC(O)c1ccccc1)CCCCC. The summed E-state index contributed by atoms with van der Waals surface area (Å²) in [4.78, 5) is 0. The van der Waals surface area contributed by atoms with Gasteiger partial charge in [-0.1, -0.05) is 94.9 Å². The predicted molar refractivity (Wildman–Crippen MR) is 98.4 cm³/mol. The number of aliphatic hydroxyl groups excluding tert-OH is 1. The monoisotopic (exact) mass is 318 g/mol. The van der Waals surface area contributed by atoms with Crippen LogP contribution in [0, 0.1) is 0 Å². The summed E-state index contributed by atoms with van der Waals surface area (Å²) in [5.41, 5.74) is 0.221. The summed E-state index contributed by atoms with van der Waals surface area (Å²) in [5.74, 6) is 0. The van der Waals surface area contributed by atoms with Gasteiger partial charge in [-0.2, -0.15) is 0 Å². The average molecular weight is 319 g/mol. The van der Waals surface area contributed by atoms with Crippen molar-refractivity contribution < 1.29 is 10.2 Å². The highest BCUT2D eigenvalue weighted by molar-refractivity contribution is 5.18. The first-order chi connectivity index (χ1) is 11.1. The van der Waals surface area contributed by atoms with Crippen LogP contribution in [0.1, 0.15) is 83.3 Å². The molecule has 1 aromatic rings. The molecule has 0 aliphatic carbocycles. The maximum atomic E-state index is 10.9. The number of aliphatic hydroxyl groups is 2. The van der Waals surface area contributed by atoms with E-state index in [0.717, 1.165) is 44.1 Å². The Morgan fingerprint density at radius 2 is 1.52 bits per heavy atom. The summed E-state index contributed by atoms with van der Waals surface area (Å²) < 4.78 is 0. The Morgan fingerprint density at radius 1 is 0.957 bits per heavy atom. The number of unbranched alkanes of at least 4 members (excludes halogenated alkanes) is 4. The van der Waals surface area contributed by atoms with Crippen LogP contribution in [0.4, 0.5) is 0 Å². The van der Waals surface area contributed by atoms with Gasteiger partial charge in [-0.3, -0.25) is 0 Å². The van der Waals surface area contributed by atoms with Crippen molar-refractivity contribution in [2.45, 2.75) is 83.3 Å². The summed E-state index contributed by atoms with van der Waals surface area (Å²) in [6.07, 6.45) is 12.4. The molecule has 2 N–H and O–H groups in total. The number of hydrogen-bond acceptors (Lipinski definition) is 2. The lowest BCUT2D eigenvalue weighted by molar-refractivity contribution is 0.0659. The summed E-state index contributed by atoms with van der Waals surface area (Å²) >= 11 is 0. The standard InChI is InChI=1S/C21H34O2/c1-3-5-10-16-21(23,17-11-6-4-2)18-12-15-20(22)19-13-8-7-9-14-19/h7-9,12-14,18,20,22-23H,3-6,10-11,15-17H2,1-2H3/b18-12-. The normalized spacial score (nSPS) is 13.6. The fourth-order valence-corrected chi connectivity index (χ4v) is 2.88. The van der Waals surface area contributed by atoms with Gasteiger partial charge in [0.15, 0.2) is 0 Å². The Hall–Kier alpha value is -1.12. The molecular weight excluding hydrogens is 284 g/mol. The first kappa shape index (κ1) is 19.9. The fourth-order valence-electron chi connectivity index (χ4n) is 2.88. The maximum absolute atomic E-state index is 10.9. The highest BCUT2D eigenvalue weighted by Crippen LogP contribution is 2.25. The molecule has 0 bridgehead atoms. The topological polar surface area (TPSA) is 40.5 Å². The van der Waals surface area contributed by atoms with Crippen molar-refractivity contribution in [2.75, 3.05) is 0 Å². The molecule has 130 valence electrons. The largest absolute Gasteiger partial charge is 0.388 e. The van der Waals surface area contributed by atoms with Crippen molar-refractivity contribution in [2.24, 2.45) is 0 Å². The summed E-state index contributed by atoms with van der Waals surface area (Å²) in [5, 5.41) is 21.1. The van der Waals surface area contributed by atoms with E-state index < -0.39 is 11.7 Å². The molecule has 0 aliphatic heterocycles. The van der Waals surface area contributed by atoms with Crippen LogP contribution in [0.2, 0.25) is 0 Å². The molecule has 0 aliphatic rings. The van der Waals surface area contributed by atoms with Crippen molar-refractivity contribution in [1.29, 1.82) is 0 Å². The van der Waals surface area contributed by atoms with Crippen LogP contribution in [0.25, 0.3) is 0 Å². The Morgan fingerprint density at radius 3 is 2.04 bits per heavy atom. The third kappa shape index (κ3) is 8.34. The van der Waals surface area contributed by atoms with Crippen LogP contribution in [-0.2, 0) is 0 Å². The smallest absolute Gasteiger partial charge is 0.0827 e. The lowest BCUT2D eigenvalue weighted by Gasteiger charge is -2.25. The molecule has 0 saturated heterocycles. The lowest BCUT2D eigenvalue weighted by Crippen LogP contribution is -2.25. The van der Waals surface area contributed by atoms with Gasteiger partial charge in [0, 0.05) is 0 Å². The highest BCUT2D eigenvalue weighted by atomic mass is 16.3. The summed E-state index contributed by atoms with van der Waals surface area (Å²) in [7, 11) is 0. The van der Waals surface area contributed by atoms with Gasteiger partial charge >= 0.3 is 0 Å². The van der Waals surface area contributed by atoms with Crippen molar-refractivity contribution in [1.82, 2.24) is 0 Å². The minimum absolute atomic E-state index is 0.497. The van der Waals surface area contributed by atoms with Gasteiger partial charge in [0.1, 0.15) is 0 Å². The molecule has 0 fully saturated rings. The second-order valence-corrected chi connectivity index (χ2v) is 6.58. The fraction of sp³-hybridized carbons (Fsp3) is 0.619. The molecule has 2 heteroatoms. The van der Waals surface area contributed by atoms with E-state index >= 15 is 0 Å². The first-order valence-electron chi connectivity index (χ1n) is 9.24. The molecule has 0 heterocycles. The molecule has 2 nitrogen and oxygen atoms in total. The first-order valence-corrected chi connectivity index (χ1v) is 9.24. The van der Waals surface area contributed by atoms with Crippen molar-refractivity contribution in [3.63, 3.8) is 0 Å². The number of benzene rings is 1. The molecule has 0 saturated carbocycles. The van der Waals surface area contributed by atoms with Crippen LogP contribution < -0.4 is 0 Å². The van der Waals surface area contributed by atoms with E-state index in [9.17, 15) is 10.2 Å². The number of rotatable bonds is 12. The van der Waals surface area contributed by atoms with Gasteiger partial charge in [-0.25, -0.2) is 0 Å². The van der Waals surface area contributed by atoms with Crippen LogP contribution in [-0.4, -0.2) is 15.8 Å². The second kappa shape index (κ2) is 11.4. The van der Waals surface area contributed by atoms with E-state index in [-0.39, 0.29) is 0 Å². The van der Waals surface area contributed by atoms with Gasteiger partial charge in [0.2, 0.25) is 0 Å². The molecular formula is C21H34O2. The zero-order valence-electron chi connectivity index (χ0n) is 14.9. The van der Waals surface area contributed by atoms with E-state index in [1.54, 1.807) is 0 Å². The van der Waals surface area contributed by atoms with E-state index in [1.807, 2.05) is 42.5 Å². The van der Waals surface area contributed by atoms with Gasteiger partial charge in [-0.15, -0.1) is 0 Å². The lowest BCUT2D eigenvalue weighted by atomic mass is 9.89. The molecule has 0 aromatic heterocycles. The minimum Gasteiger partial charge on any atom is -0.388 e. The molecule has 0 amide bonds. The predicted octanol–water partition coefficient (Wildman–Crippen LogP) is 5.56. The van der Waals surface area contributed by atoms with Crippen LogP contribution in [0.5, 0.6) is 0 Å². The Balaban J connectivity index is 2.56. The summed E-state index contributed by atoms with van der Waals surface area (Å²) in [6.45, 7) is 4.37. The van der Waals surface area contributed by atoms with Crippen LogP contribution in [0.15, 0.2) is 42.5 Å². The average Bonchev–Trinajstić information content (AvgIpc) is 2.56. The molecule has 1 atom stereocenters. The maximum Gasteiger partial charge on any atom is 0.0827 e. The van der Waals surface area contributed by atoms with Gasteiger partial charge in [-0.05, 0) is 24.8 Å². The highest BCUT2D eigenvalue weighted by Gasteiger charge is 2.22. The second-order valence-electron chi connectivity index (χ2n) is 6.58. The third-order valence-electron chi connectivity index (χ3n) is 4.40. The quantitative estimate of drug-likeness (QED) is 0.391. The molecule has 1 aromatic carbocycles. The zero-order chi connectivity index (χ0) is 17.0. The third-order valence-corrected chi connectivity index (χ3v) is 4.40. The van der Waals surface area contributed by atoms with Crippen LogP contribution in [0.3, 0.4) is 0 Å². The van der Waals surface area contributed by atoms with Gasteiger partial charge in [0.25, 0.3) is 0 Å². The molecule has 1 unspecified atom stereocenters. The Kier molecular flexibility index (Phi) is 9.89. The van der Waals surface area contributed by atoms with E-state index in [0.29, 0.717) is 6.42 Å². The van der Waals surface area contributed by atoms with Crippen molar-refractivity contribution >= 4 is 0 Å².